The van der Waals surface area contributed by atoms with E-state index >= 15 is 0 Å². The molecular weight excluding hydrogens is 375 g/mol. The van der Waals surface area contributed by atoms with Crippen LogP contribution in [0.4, 0.5) is 15.8 Å². The first kappa shape index (κ1) is 18.7. The summed E-state index contributed by atoms with van der Waals surface area (Å²) in [6.45, 7) is 0.301. The Labute approximate surface area is 166 Å². The van der Waals surface area contributed by atoms with Crippen LogP contribution in [-0.4, -0.2) is 25.0 Å². The molecule has 0 radical (unpaired) electrons. The Morgan fingerprint density at radius 2 is 2.00 bits per heavy atom. The number of amides is 2. The quantitative estimate of drug-likeness (QED) is 0.709. The average Bonchev–Trinajstić information content (AvgIpc) is 3.27. The van der Waals surface area contributed by atoms with Crippen molar-refractivity contribution < 1.29 is 23.1 Å². The first-order chi connectivity index (χ1) is 14.1. The summed E-state index contributed by atoms with van der Waals surface area (Å²) in [6.07, 6.45) is 3.08. The second kappa shape index (κ2) is 8.18. The predicted molar refractivity (Wildman–Crippen MR) is 106 cm³/mol. The SMILES string of the molecule is O=C(COc1ccccc1F)Nc1ccc2c(c1)CCCN2C(=O)c1ccco1. The van der Waals surface area contributed by atoms with E-state index in [-0.39, 0.29) is 18.3 Å². The molecule has 1 aromatic heterocycles. The molecule has 0 bridgehead atoms. The number of nitrogens with one attached hydrogen (secondary N) is 1. The maximum Gasteiger partial charge on any atom is 0.293 e. The van der Waals surface area contributed by atoms with Crippen LogP contribution < -0.4 is 15.0 Å². The van der Waals surface area contributed by atoms with Crippen LogP contribution in [0.5, 0.6) is 5.75 Å². The summed E-state index contributed by atoms with van der Waals surface area (Å²) in [6, 6.07) is 14.6. The second-order valence-electron chi connectivity index (χ2n) is 6.65. The van der Waals surface area contributed by atoms with E-state index in [9.17, 15) is 14.0 Å². The molecule has 1 aliphatic rings. The smallest absolute Gasteiger partial charge is 0.293 e. The highest BCUT2D eigenvalue weighted by atomic mass is 19.1. The van der Waals surface area contributed by atoms with Crippen LogP contribution in [0.15, 0.2) is 65.3 Å². The predicted octanol–water partition coefficient (Wildman–Crippen LogP) is 4.03. The fourth-order valence-electron chi connectivity index (χ4n) is 3.32. The highest BCUT2D eigenvalue weighted by molar-refractivity contribution is 6.05. The number of halogens is 1. The molecule has 0 saturated carbocycles. The fourth-order valence-corrected chi connectivity index (χ4v) is 3.32. The Balaban J connectivity index is 1.43. The van der Waals surface area contributed by atoms with Gasteiger partial charge in [0.05, 0.1) is 6.26 Å². The second-order valence-corrected chi connectivity index (χ2v) is 6.65. The molecule has 2 aromatic carbocycles. The highest BCUT2D eigenvalue weighted by Crippen LogP contribution is 2.31. The van der Waals surface area contributed by atoms with Crippen LogP contribution in [0.1, 0.15) is 22.5 Å². The molecule has 148 valence electrons. The summed E-state index contributed by atoms with van der Waals surface area (Å²) in [7, 11) is 0. The van der Waals surface area contributed by atoms with E-state index in [1.165, 1.54) is 18.4 Å². The first-order valence-electron chi connectivity index (χ1n) is 9.27. The van der Waals surface area contributed by atoms with Crippen LogP contribution in [0.2, 0.25) is 0 Å². The van der Waals surface area contributed by atoms with Gasteiger partial charge in [-0.3, -0.25) is 9.59 Å². The Hall–Kier alpha value is -3.61. The van der Waals surface area contributed by atoms with Crippen LogP contribution in [0.25, 0.3) is 0 Å². The minimum atomic E-state index is -0.518. The van der Waals surface area contributed by atoms with Crippen molar-refractivity contribution in [2.45, 2.75) is 12.8 Å². The van der Waals surface area contributed by atoms with Crippen molar-refractivity contribution in [2.75, 3.05) is 23.4 Å². The number of anilines is 2. The number of para-hydroxylation sites is 1. The lowest BCUT2D eigenvalue weighted by Gasteiger charge is -2.29. The van der Waals surface area contributed by atoms with Crippen molar-refractivity contribution in [3.05, 3.63) is 78.0 Å². The maximum absolute atomic E-state index is 13.6. The van der Waals surface area contributed by atoms with Gasteiger partial charge in [0.2, 0.25) is 0 Å². The third-order valence-electron chi connectivity index (χ3n) is 4.65. The third-order valence-corrected chi connectivity index (χ3v) is 4.65. The number of furan rings is 1. The Bertz CT molecular complexity index is 1030. The van der Waals surface area contributed by atoms with Crippen LogP contribution in [-0.2, 0) is 11.2 Å². The lowest BCUT2D eigenvalue weighted by atomic mass is 10.0. The van der Waals surface area contributed by atoms with Gasteiger partial charge < -0.3 is 19.4 Å². The fraction of sp³-hybridized carbons (Fsp3) is 0.182. The van der Waals surface area contributed by atoms with E-state index in [4.69, 9.17) is 9.15 Å². The summed E-state index contributed by atoms with van der Waals surface area (Å²) in [4.78, 5) is 26.5. The molecule has 0 spiro atoms. The summed E-state index contributed by atoms with van der Waals surface area (Å²) in [5, 5.41) is 2.75. The van der Waals surface area contributed by atoms with Crippen molar-refractivity contribution in [1.29, 1.82) is 0 Å². The molecule has 6 nitrogen and oxygen atoms in total. The number of fused-ring (bicyclic) bond motifs is 1. The van der Waals surface area contributed by atoms with Crippen molar-refractivity contribution in [3.8, 4) is 5.75 Å². The summed E-state index contributed by atoms with van der Waals surface area (Å²) in [5.74, 6) is -0.783. The summed E-state index contributed by atoms with van der Waals surface area (Å²) < 4.78 is 24.0. The van der Waals surface area contributed by atoms with Gasteiger partial charge in [-0.05, 0) is 60.9 Å². The number of carbonyl (C=O) groups excluding carboxylic acids is 2. The van der Waals surface area contributed by atoms with E-state index in [1.54, 1.807) is 35.2 Å². The maximum atomic E-state index is 13.6. The zero-order chi connectivity index (χ0) is 20.2. The van der Waals surface area contributed by atoms with Crippen LogP contribution in [0, 0.1) is 5.82 Å². The third kappa shape index (κ3) is 4.13. The van der Waals surface area contributed by atoms with E-state index in [1.807, 2.05) is 12.1 Å². The van der Waals surface area contributed by atoms with Gasteiger partial charge in [0.1, 0.15) is 0 Å². The largest absolute Gasteiger partial charge is 0.481 e. The number of benzene rings is 2. The molecule has 1 aliphatic heterocycles. The number of carbonyl (C=O) groups is 2. The van der Waals surface area contributed by atoms with Crippen molar-refractivity contribution in [2.24, 2.45) is 0 Å². The molecule has 29 heavy (non-hydrogen) atoms. The molecule has 0 saturated heterocycles. The number of hydrogen-bond acceptors (Lipinski definition) is 4. The van der Waals surface area contributed by atoms with Gasteiger partial charge in [0.15, 0.2) is 23.9 Å². The number of aryl methyl sites for hydroxylation is 1. The molecule has 0 aliphatic carbocycles. The molecule has 7 heteroatoms. The van der Waals surface area contributed by atoms with Gasteiger partial charge in [-0.1, -0.05) is 12.1 Å². The molecule has 2 amide bonds. The monoisotopic (exact) mass is 394 g/mol. The van der Waals surface area contributed by atoms with E-state index in [0.29, 0.717) is 18.0 Å². The highest BCUT2D eigenvalue weighted by Gasteiger charge is 2.25. The molecule has 4 rings (SSSR count). The van der Waals surface area contributed by atoms with Crippen molar-refractivity contribution >= 4 is 23.2 Å². The minimum absolute atomic E-state index is 0.0279. The van der Waals surface area contributed by atoms with E-state index < -0.39 is 11.7 Å². The molecule has 2 heterocycles. The van der Waals surface area contributed by atoms with Gasteiger partial charge in [-0.15, -0.1) is 0 Å². The van der Waals surface area contributed by atoms with Crippen LogP contribution in [0.3, 0.4) is 0 Å². The molecule has 0 unspecified atom stereocenters. The number of nitrogens with zero attached hydrogens (tertiary/aromatic N) is 1. The van der Waals surface area contributed by atoms with Gasteiger partial charge in [-0.2, -0.15) is 0 Å². The standard InChI is InChI=1S/C22H19FN2O4/c23-17-6-1-2-7-19(17)29-14-21(26)24-16-9-10-18-15(13-16)5-3-11-25(18)22(27)20-8-4-12-28-20/h1-2,4,6-10,12-13H,3,5,11,14H2,(H,24,26). The molecule has 0 fully saturated rings. The van der Waals surface area contributed by atoms with Gasteiger partial charge in [0, 0.05) is 17.9 Å². The topological polar surface area (TPSA) is 71.8 Å². The summed E-state index contributed by atoms with van der Waals surface area (Å²) >= 11 is 0. The van der Waals surface area contributed by atoms with Gasteiger partial charge >= 0.3 is 0 Å². The summed E-state index contributed by atoms with van der Waals surface area (Å²) in [5.41, 5.74) is 2.36. The minimum Gasteiger partial charge on any atom is -0.481 e. The zero-order valence-electron chi connectivity index (χ0n) is 15.6. The van der Waals surface area contributed by atoms with Gasteiger partial charge in [-0.25, -0.2) is 4.39 Å². The van der Waals surface area contributed by atoms with Gasteiger partial charge in [0.25, 0.3) is 11.8 Å². The molecular formula is C22H19FN2O4. The average molecular weight is 394 g/mol. The number of hydrogen-bond donors (Lipinski definition) is 1. The van der Waals surface area contributed by atoms with Crippen molar-refractivity contribution in [1.82, 2.24) is 0 Å². The Morgan fingerprint density at radius 1 is 1.14 bits per heavy atom. The molecule has 3 aromatic rings. The van der Waals surface area contributed by atoms with E-state index in [2.05, 4.69) is 5.32 Å². The number of ether oxygens (including phenoxy) is 1. The normalized spacial score (nSPS) is 12.9. The molecule has 1 N–H and O–H groups in total. The first-order valence-corrected chi connectivity index (χ1v) is 9.27. The van der Waals surface area contributed by atoms with Crippen LogP contribution >= 0.6 is 0 Å². The Kier molecular flexibility index (Phi) is 5.29. The molecule has 0 atom stereocenters. The zero-order valence-corrected chi connectivity index (χ0v) is 15.6. The lowest BCUT2D eigenvalue weighted by Crippen LogP contribution is -2.35. The van der Waals surface area contributed by atoms with Crippen molar-refractivity contribution in [3.63, 3.8) is 0 Å². The Morgan fingerprint density at radius 3 is 2.79 bits per heavy atom. The van der Waals surface area contributed by atoms with E-state index in [0.717, 1.165) is 24.1 Å². The lowest BCUT2D eigenvalue weighted by molar-refractivity contribution is -0.118. The number of rotatable bonds is 5.